The average Bonchev–Trinajstić information content (AvgIpc) is 2.42. The summed E-state index contributed by atoms with van der Waals surface area (Å²) in [6.45, 7) is 6.60. The number of fused-ring (bicyclic) bond motifs is 1. The summed E-state index contributed by atoms with van der Waals surface area (Å²) in [5.41, 5.74) is 2.07. The molecule has 1 aromatic carbocycles. The van der Waals surface area contributed by atoms with Crippen molar-refractivity contribution >= 4 is 23.5 Å². The van der Waals surface area contributed by atoms with Gasteiger partial charge >= 0.3 is 6.09 Å². The topological polar surface area (TPSA) is 59.6 Å². The molecule has 1 atom stereocenters. The van der Waals surface area contributed by atoms with Gasteiger partial charge in [-0.25, -0.2) is 4.79 Å². The molecule has 5 nitrogen and oxygen atoms in total. The first-order valence-corrected chi connectivity index (χ1v) is 7.71. The molecule has 1 aliphatic rings. The van der Waals surface area contributed by atoms with E-state index in [4.69, 9.17) is 21.7 Å². The molecular weight excluding hydrogens is 300 g/mol. The summed E-state index contributed by atoms with van der Waals surface area (Å²) >= 11 is 5.00. The van der Waals surface area contributed by atoms with Gasteiger partial charge in [-0.2, -0.15) is 0 Å². The van der Waals surface area contributed by atoms with Gasteiger partial charge in [0.15, 0.2) is 0 Å². The Morgan fingerprint density at radius 3 is 2.73 bits per heavy atom. The lowest BCUT2D eigenvalue weighted by molar-refractivity contribution is 0.0549. The van der Waals surface area contributed by atoms with Gasteiger partial charge < -0.3 is 14.8 Å². The maximum absolute atomic E-state index is 11.6. The van der Waals surface area contributed by atoms with Crippen molar-refractivity contribution in [2.24, 2.45) is 0 Å². The van der Waals surface area contributed by atoms with E-state index >= 15 is 0 Å². The lowest BCUT2D eigenvalue weighted by Gasteiger charge is -2.26. The predicted octanol–water partition coefficient (Wildman–Crippen LogP) is 2.53. The van der Waals surface area contributed by atoms with E-state index in [1.165, 1.54) is 11.1 Å². The summed E-state index contributed by atoms with van der Waals surface area (Å²) in [7, 11) is 0. The number of rotatable bonds is 2. The first-order valence-electron chi connectivity index (χ1n) is 7.30. The van der Waals surface area contributed by atoms with Crippen LogP contribution in [0.4, 0.5) is 4.79 Å². The van der Waals surface area contributed by atoms with Gasteiger partial charge in [-0.05, 0) is 50.5 Å². The number of nitrogens with one attached hydrogen (secondary N) is 2. The second-order valence-electron chi connectivity index (χ2n) is 6.28. The zero-order valence-corrected chi connectivity index (χ0v) is 14.0. The summed E-state index contributed by atoms with van der Waals surface area (Å²) in [5.74, 6) is 0. The van der Waals surface area contributed by atoms with E-state index in [-0.39, 0.29) is 11.2 Å². The highest BCUT2D eigenvalue weighted by molar-refractivity contribution is 7.80. The first kappa shape index (κ1) is 16.7. The molecule has 1 heterocycles. The Kier molecular flexibility index (Phi) is 5.37. The molecule has 0 spiro atoms. The highest BCUT2D eigenvalue weighted by Crippen LogP contribution is 2.16. The van der Waals surface area contributed by atoms with E-state index in [0.29, 0.717) is 6.61 Å². The smallest absolute Gasteiger partial charge is 0.415 e. The zero-order valence-electron chi connectivity index (χ0n) is 13.1. The lowest BCUT2D eigenvalue weighted by Crippen LogP contribution is -2.42. The fraction of sp³-hybridized carbons (Fsp3) is 0.500. The molecule has 120 valence electrons. The first-order chi connectivity index (χ1) is 10.3. The van der Waals surface area contributed by atoms with E-state index in [1.807, 2.05) is 12.1 Å². The molecule has 1 unspecified atom stereocenters. The van der Waals surface area contributed by atoms with Crippen molar-refractivity contribution in [3.63, 3.8) is 0 Å². The minimum atomic E-state index is -0.598. The molecule has 2 N–H and O–H groups in total. The molecule has 0 fully saturated rings. The van der Waals surface area contributed by atoms with Gasteiger partial charge in [-0.1, -0.05) is 24.3 Å². The molecule has 1 amide bonds. The quantitative estimate of drug-likeness (QED) is 0.820. The number of alkyl carbamates (subject to hydrolysis) is 1. The third-order valence-corrected chi connectivity index (χ3v) is 3.40. The van der Waals surface area contributed by atoms with Crippen molar-refractivity contribution < 1.29 is 14.3 Å². The summed E-state index contributed by atoms with van der Waals surface area (Å²) in [5, 5.41) is 5.85. The standard InChI is InChI=1S/C16H22N2O3S/c1-16(2,3)21-14(19)18-15(22)20-10-13-8-11-6-4-5-7-12(11)9-17-13/h4-7,13,17H,8-10H2,1-3H3,(H,18,19,22). The maximum atomic E-state index is 11.6. The number of carbonyl (C=O) groups is 1. The van der Waals surface area contributed by atoms with Gasteiger partial charge in [0.2, 0.25) is 0 Å². The molecule has 0 saturated carbocycles. The van der Waals surface area contributed by atoms with Crippen LogP contribution in [0, 0.1) is 0 Å². The lowest BCUT2D eigenvalue weighted by atomic mass is 9.96. The zero-order chi connectivity index (χ0) is 16.2. The molecule has 1 aliphatic heterocycles. The second-order valence-corrected chi connectivity index (χ2v) is 6.65. The Bertz CT molecular complexity index is 555. The summed E-state index contributed by atoms with van der Waals surface area (Å²) in [6.07, 6.45) is 0.282. The van der Waals surface area contributed by atoms with Crippen molar-refractivity contribution in [2.75, 3.05) is 6.61 Å². The largest absolute Gasteiger partial charge is 0.469 e. The fourth-order valence-corrected chi connectivity index (χ4v) is 2.39. The van der Waals surface area contributed by atoms with Crippen LogP contribution in [-0.4, -0.2) is 29.5 Å². The van der Waals surface area contributed by atoms with Gasteiger partial charge in [0, 0.05) is 12.6 Å². The van der Waals surface area contributed by atoms with E-state index in [0.717, 1.165) is 13.0 Å². The van der Waals surface area contributed by atoms with Crippen LogP contribution in [-0.2, 0) is 22.4 Å². The normalized spacial score (nSPS) is 17.3. The third-order valence-electron chi connectivity index (χ3n) is 3.18. The number of ether oxygens (including phenoxy) is 2. The second kappa shape index (κ2) is 7.07. The number of hydrogen-bond acceptors (Lipinski definition) is 5. The molecule has 1 aromatic rings. The molecule has 0 radical (unpaired) electrons. The average molecular weight is 322 g/mol. The van der Waals surface area contributed by atoms with Crippen LogP contribution < -0.4 is 10.6 Å². The van der Waals surface area contributed by atoms with E-state index in [2.05, 4.69) is 22.8 Å². The van der Waals surface area contributed by atoms with Crippen molar-refractivity contribution in [1.82, 2.24) is 10.6 Å². The number of benzene rings is 1. The van der Waals surface area contributed by atoms with Crippen LogP contribution in [0.15, 0.2) is 24.3 Å². The Morgan fingerprint density at radius 2 is 2.05 bits per heavy atom. The van der Waals surface area contributed by atoms with Gasteiger partial charge in [-0.3, -0.25) is 5.32 Å². The van der Waals surface area contributed by atoms with Gasteiger partial charge in [0.05, 0.1) is 0 Å². The van der Waals surface area contributed by atoms with Crippen molar-refractivity contribution in [1.29, 1.82) is 0 Å². The van der Waals surface area contributed by atoms with Gasteiger partial charge in [0.1, 0.15) is 12.2 Å². The summed E-state index contributed by atoms with van der Waals surface area (Å²) in [6, 6.07) is 8.50. The minimum Gasteiger partial charge on any atom is -0.469 e. The Morgan fingerprint density at radius 1 is 1.36 bits per heavy atom. The van der Waals surface area contributed by atoms with Crippen LogP contribution in [0.1, 0.15) is 31.9 Å². The van der Waals surface area contributed by atoms with Crippen LogP contribution in [0.3, 0.4) is 0 Å². The minimum absolute atomic E-state index is 0.0370. The van der Waals surface area contributed by atoms with E-state index in [9.17, 15) is 4.79 Å². The van der Waals surface area contributed by atoms with Crippen molar-refractivity contribution in [3.8, 4) is 0 Å². The Balaban J connectivity index is 1.75. The molecule has 0 saturated heterocycles. The Labute approximate surface area is 136 Å². The SMILES string of the molecule is CC(C)(C)OC(=O)NC(=S)OCC1Cc2ccccc2CN1. The summed E-state index contributed by atoms with van der Waals surface area (Å²) in [4.78, 5) is 11.6. The fourth-order valence-electron chi connectivity index (χ4n) is 2.24. The predicted molar refractivity (Wildman–Crippen MR) is 88.7 cm³/mol. The molecule has 0 aliphatic carbocycles. The van der Waals surface area contributed by atoms with E-state index in [1.54, 1.807) is 20.8 Å². The molecule has 2 rings (SSSR count). The van der Waals surface area contributed by atoms with Crippen LogP contribution in [0.25, 0.3) is 0 Å². The monoisotopic (exact) mass is 322 g/mol. The van der Waals surface area contributed by atoms with E-state index < -0.39 is 11.7 Å². The Hall–Kier alpha value is -1.66. The third kappa shape index (κ3) is 5.27. The molecule has 0 bridgehead atoms. The molecule has 6 heteroatoms. The maximum Gasteiger partial charge on any atom is 0.415 e. The van der Waals surface area contributed by atoms with Crippen LogP contribution in [0.2, 0.25) is 0 Å². The molecule has 0 aromatic heterocycles. The highest BCUT2D eigenvalue weighted by Gasteiger charge is 2.20. The van der Waals surface area contributed by atoms with Gasteiger partial charge in [0.25, 0.3) is 5.17 Å². The highest BCUT2D eigenvalue weighted by atomic mass is 32.1. The molecular formula is C16H22N2O3S. The van der Waals surface area contributed by atoms with Crippen molar-refractivity contribution in [3.05, 3.63) is 35.4 Å². The summed E-state index contributed by atoms with van der Waals surface area (Å²) < 4.78 is 10.6. The van der Waals surface area contributed by atoms with Crippen LogP contribution >= 0.6 is 12.2 Å². The van der Waals surface area contributed by atoms with Crippen molar-refractivity contribution in [2.45, 2.75) is 45.4 Å². The number of thiocarbonyl (C=S) groups is 1. The van der Waals surface area contributed by atoms with Crippen LogP contribution in [0.5, 0.6) is 0 Å². The van der Waals surface area contributed by atoms with Gasteiger partial charge in [-0.15, -0.1) is 0 Å². The number of amides is 1. The number of hydrogen-bond donors (Lipinski definition) is 2. The number of carbonyl (C=O) groups excluding carboxylic acids is 1. The molecule has 22 heavy (non-hydrogen) atoms.